The van der Waals surface area contributed by atoms with E-state index in [1.807, 2.05) is 13.0 Å². The fourth-order valence-corrected chi connectivity index (χ4v) is 2.65. The third-order valence-electron chi connectivity index (χ3n) is 3.75. The zero-order valence-corrected chi connectivity index (χ0v) is 12.1. The van der Waals surface area contributed by atoms with Crippen LogP contribution in [0.3, 0.4) is 0 Å². The van der Waals surface area contributed by atoms with Crippen LogP contribution in [0.15, 0.2) is 30.3 Å². The average Bonchev–Trinajstić information content (AvgIpc) is 3.06. The van der Waals surface area contributed by atoms with Gasteiger partial charge in [0.1, 0.15) is 6.07 Å². The molecule has 3 rings (SSSR count). The minimum absolute atomic E-state index is 0.260. The summed E-state index contributed by atoms with van der Waals surface area (Å²) in [5.74, 6) is -0.521. The first-order chi connectivity index (χ1) is 10.7. The Balaban J connectivity index is 1.79. The summed E-state index contributed by atoms with van der Waals surface area (Å²) < 4.78 is 1.72. The van der Waals surface area contributed by atoms with Crippen LogP contribution < -0.4 is 0 Å². The maximum absolute atomic E-state index is 12.3. The normalized spacial score (nSPS) is 13.4. The zero-order chi connectivity index (χ0) is 15.7. The Morgan fingerprint density at radius 2 is 1.82 bits per heavy atom. The van der Waals surface area contributed by atoms with Gasteiger partial charge in [-0.3, -0.25) is 19.2 Å². The fraction of sp³-hybridized carbons (Fsp3) is 0.250. The molecule has 0 bridgehead atoms. The average molecular weight is 294 g/mol. The molecular formula is C16H14N4O2. The van der Waals surface area contributed by atoms with Crippen molar-refractivity contribution < 1.29 is 9.59 Å². The van der Waals surface area contributed by atoms with Crippen molar-refractivity contribution >= 4 is 11.8 Å². The van der Waals surface area contributed by atoms with Crippen molar-refractivity contribution in [3.05, 3.63) is 52.8 Å². The van der Waals surface area contributed by atoms with E-state index in [1.165, 1.54) is 4.90 Å². The predicted octanol–water partition coefficient (Wildman–Crippen LogP) is 1.61. The first-order valence-electron chi connectivity index (χ1n) is 7.07. The van der Waals surface area contributed by atoms with Crippen molar-refractivity contribution in [2.45, 2.75) is 19.9 Å². The number of aromatic nitrogens is 2. The summed E-state index contributed by atoms with van der Waals surface area (Å²) in [4.78, 5) is 25.8. The van der Waals surface area contributed by atoms with Gasteiger partial charge >= 0.3 is 0 Å². The summed E-state index contributed by atoms with van der Waals surface area (Å²) in [6.45, 7) is 2.85. The Kier molecular flexibility index (Phi) is 3.47. The number of nitrogens with zero attached hydrogens (tertiary/aromatic N) is 4. The van der Waals surface area contributed by atoms with Crippen LogP contribution in [0, 0.1) is 11.3 Å². The number of nitriles is 1. The van der Waals surface area contributed by atoms with Gasteiger partial charge in [0.05, 0.1) is 11.1 Å². The van der Waals surface area contributed by atoms with E-state index in [0.717, 1.165) is 5.69 Å². The smallest absolute Gasteiger partial charge is 0.261 e. The summed E-state index contributed by atoms with van der Waals surface area (Å²) in [6.07, 6.45) is 0.480. The van der Waals surface area contributed by atoms with E-state index in [0.29, 0.717) is 29.8 Å². The largest absolute Gasteiger partial charge is 0.274 e. The van der Waals surface area contributed by atoms with Gasteiger partial charge in [-0.05, 0) is 25.1 Å². The van der Waals surface area contributed by atoms with Crippen molar-refractivity contribution in [3.8, 4) is 6.07 Å². The number of imide groups is 1. The third kappa shape index (κ3) is 2.17. The lowest BCUT2D eigenvalue weighted by Gasteiger charge is -2.13. The molecule has 2 heterocycles. The molecule has 0 spiro atoms. The van der Waals surface area contributed by atoms with Gasteiger partial charge in [-0.15, -0.1) is 0 Å². The van der Waals surface area contributed by atoms with Crippen LogP contribution in [0.2, 0.25) is 0 Å². The molecule has 2 amide bonds. The van der Waals surface area contributed by atoms with Crippen molar-refractivity contribution in [3.63, 3.8) is 0 Å². The van der Waals surface area contributed by atoms with Crippen LogP contribution in [0.4, 0.5) is 0 Å². The maximum Gasteiger partial charge on any atom is 0.261 e. The van der Waals surface area contributed by atoms with E-state index in [9.17, 15) is 9.59 Å². The number of aryl methyl sites for hydroxylation is 1. The number of hydrogen-bond donors (Lipinski definition) is 0. The molecule has 0 radical (unpaired) electrons. The van der Waals surface area contributed by atoms with Gasteiger partial charge in [-0.25, -0.2) is 0 Å². The van der Waals surface area contributed by atoms with Crippen LogP contribution >= 0.6 is 0 Å². The molecule has 0 N–H and O–H groups in total. The predicted molar refractivity (Wildman–Crippen MR) is 78.1 cm³/mol. The molecule has 1 aliphatic heterocycles. The molecule has 0 fully saturated rings. The second-order valence-electron chi connectivity index (χ2n) is 5.01. The second kappa shape index (κ2) is 5.45. The van der Waals surface area contributed by atoms with Crippen LogP contribution in [-0.4, -0.2) is 33.0 Å². The molecule has 0 saturated carbocycles. The van der Waals surface area contributed by atoms with Crippen LogP contribution in [0.5, 0.6) is 0 Å². The van der Waals surface area contributed by atoms with Gasteiger partial charge in [0, 0.05) is 25.2 Å². The quantitative estimate of drug-likeness (QED) is 0.802. The van der Waals surface area contributed by atoms with E-state index in [2.05, 4.69) is 5.10 Å². The van der Waals surface area contributed by atoms with Crippen molar-refractivity contribution in [1.82, 2.24) is 14.7 Å². The highest BCUT2D eigenvalue weighted by atomic mass is 16.2. The van der Waals surface area contributed by atoms with Crippen LogP contribution in [0.1, 0.15) is 39.0 Å². The number of fused-ring (bicyclic) bond motifs is 1. The molecular weight excluding hydrogens is 280 g/mol. The number of rotatable bonds is 4. The Morgan fingerprint density at radius 1 is 1.18 bits per heavy atom. The molecule has 2 aromatic rings. The van der Waals surface area contributed by atoms with Crippen molar-refractivity contribution in [1.29, 1.82) is 5.26 Å². The van der Waals surface area contributed by atoms with E-state index < -0.39 is 0 Å². The molecule has 1 aliphatic rings. The number of carbonyl (C=O) groups is 2. The lowest BCUT2D eigenvalue weighted by Crippen LogP contribution is -2.32. The topological polar surface area (TPSA) is 79.0 Å². The van der Waals surface area contributed by atoms with Crippen LogP contribution in [0.25, 0.3) is 0 Å². The van der Waals surface area contributed by atoms with Gasteiger partial charge in [-0.2, -0.15) is 10.4 Å². The molecule has 1 aromatic heterocycles. The third-order valence-corrected chi connectivity index (χ3v) is 3.75. The SMILES string of the molecule is CCn1nc(C#N)cc1CCN1C(=O)c2ccccc2C1=O. The molecule has 0 saturated heterocycles. The number of amides is 2. The molecule has 6 heteroatoms. The van der Waals surface area contributed by atoms with Crippen molar-refractivity contribution in [2.75, 3.05) is 6.54 Å². The summed E-state index contributed by atoms with van der Waals surface area (Å²) >= 11 is 0. The molecule has 0 atom stereocenters. The number of hydrogen-bond acceptors (Lipinski definition) is 4. The zero-order valence-electron chi connectivity index (χ0n) is 12.1. The molecule has 22 heavy (non-hydrogen) atoms. The first-order valence-corrected chi connectivity index (χ1v) is 7.07. The van der Waals surface area contributed by atoms with E-state index in [-0.39, 0.29) is 18.4 Å². The highest BCUT2D eigenvalue weighted by Gasteiger charge is 2.34. The van der Waals surface area contributed by atoms with Gasteiger partial charge < -0.3 is 0 Å². The summed E-state index contributed by atoms with van der Waals surface area (Å²) in [5.41, 5.74) is 2.10. The fourth-order valence-electron chi connectivity index (χ4n) is 2.65. The Bertz CT molecular complexity index is 766. The highest BCUT2D eigenvalue weighted by molar-refractivity contribution is 6.21. The molecule has 6 nitrogen and oxygen atoms in total. The molecule has 1 aromatic carbocycles. The highest BCUT2D eigenvalue weighted by Crippen LogP contribution is 2.22. The second-order valence-corrected chi connectivity index (χ2v) is 5.01. The van der Waals surface area contributed by atoms with E-state index >= 15 is 0 Å². The van der Waals surface area contributed by atoms with E-state index in [4.69, 9.17) is 5.26 Å². The van der Waals surface area contributed by atoms with Gasteiger partial charge in [0.15, 0.2) is 5.69 Å². The minimum Gasteiger partial charge on any atom is -0.274 e. The lowest BCUT2D eigenvalue weighted by molar-refractivity contribution is 0.0655. The van der Waals surface area contributed by atoms with Gasteiger partial charge in [0.2, 0.25) is 0 Å². The Morgan fingerprint density at radius 3 is 2.36 bits per heavy atom. The first kappa shape index (κ1) is 14.0. The van der Waals surface area contributed by atoms with E-state index in [1.54, 1.807) is 35.0 Å². The summed E-state index contributed by atoms with van der Waals surface area (Å²) in [7, 11) is 0. The van der Waals surface area contributed by atoms with Crippen LogP contribution in [-0.2, 0) is 13.0 Å². The minimum atomic E-state index is -0.260. The van der Waals surface area contributed by atoms with Gasteiger partial charge in [0.25, 0.3) is 11.8 Å². The van der Waals surface area contributed by atoms with Crippen molar-refractivity contribution in [2.24, 2.45) is 0 Å². The molecule has 0 aliphatic carbocycles. The lowest BCUT2D eigenvalue weighted by atomic mass is 10.1. The Hall–Kier alpha value is -2.94. The number of benzene rings is 1. The summed E-state index contributed by atoms with van der Waals surface area (Å²) in [6, 6.07) is 10.5. The molecule has 110 valence electrons. The Labute approximate surface area is 127 Å². The summed E-state index contributed by atoms with van der Waals surface area (Å²) in [5, 5.41) is 13.0. The standard InChI is InChI=1S/C16H14N4O2/c1-2-20-12(9-11(10-17)18-20)7-8-19-15(21)13-5-3-4-6-14(13)16(19)22/h3-6,9H,2,7-8H2,1H3. The number of carbonyl (C=O) groups excluding carboxylic acids is 2. The van der Waals surface area contributed by atoms with Gasteiger partial charge in [-0.1, -0.05) is 12.1 Å². The monoisotopic (exact) mass is 294 g/mol. The molecule has 0 unspecified atom stereocenters. The maximum atomic E-state index is 12.3.